The molecule has 0 bridgehead atoms. The van der Waals surface area contributed by atoms with Gasteiger partial charge in [0.25, 0.3) is 10.0 Å². The molecule has 0 N–H and O–H groups in total. The highest BCUT2D eigenvalue weighted by molar-refractivity contribution is 8.10. The second-order valence-electron chi connectivity index (χ2n) is 3.15. The van der Waals surface area contributed by atoms with Gasteiger partial charge in [0, 0.05) is 13.1 Å². The topological polar surface area (TPSA) is 78.9 Å². The van der Waals surface area contributed by atoms with Crippen LogP contribution in [0.5, 0.6) is 0 Å². The predicted octanol–water partition coefficient (Wildman–Crippen LogP) is 0.224. The Bertz CT molecular complexity index is 317. The highest BCUT2D eigenvalue weighted by Crippen LogP contribution is 2.38. The summed E-state index contributed by atoms with van der Waals surface area (Å²) in [5.74, 6) is 0. The minimum absolute atomic E-state index is 0.0523. The number of piperidine rings is 1. The second kappa shape index (κ2) is 5.56. The average molecular weight is 278 g/mol. The van der Waals surface area contributed by atoms with Crippen molar-refractivity contribution in [2.45, 2.75) is 23.8 Å². The van der Waals surface area contributed by atoms with E-state index in [1.54, 1.807) is 0 Å². The standard InChI is InChI=1S/C6H11F2NO5S2/c7-6(8,15-14-13-10)16(11,12)9-4-2-1-3-5-9/h10H,1-5H2/p-1. The van der Waals surface area contributed by atoms with E-state index in [9.17, 15) is 22.5 Å². The van der Waals surface area contributed by atoms with Gasteiger partial charge in [0.05, 0.1) is 0 Å². The molecule has 1 heterocycles. The minimum Gasteiger partial charge on any atom is -0.691 e. The van der Waals surface area contributed by atoms with Crippen molar-refractivity contribution in [3.8, 4) is 0 Å². The first-order valence-electron chi connectivity index (χ1n) is 4.43. The maximum atomic E-state index is 13.2. The SMILES string of the molecule is O=S(=O)(N1CCCCC1)C(F)(F)SOO[O-]. The Balaban J connectivity index is 2.74. The van der Waals surface area contributed by atoms with Crippen LogP contribution in [0.25, 0.3) is 0 Å². The van der Waals surface area contributed by atoms with Crippen LogP contribution in [0.2, 0.25) is 0 Å². The normalized spacial score (nSPS) is 19.9. The maximum Gasteiger partial charge on any atom is 0.433 e. The monoisotopic (exact) mass is 278 g/mol. The lowest BCUT2D eigenvalue weighted by Gasteiger charge is -2.28. The van der Waals surface area contributed by atoms with Crippen molar-refractivity contribution in [3.63, 3.8) is 0 Å². The largest absolute Gasteiger partial charge is 0.691 e. The first kappa shape index (κ1) is 14.1. The zero-order chi connectivity index (χ0) is 12.2. The number of halogens is 2. The average Bonchev–Trinajstić information content (AvgIpc) is 2.27. The third-order valence-corrected chi connectivity index (χ3v) is 4.91. The van der Waals surface area contributed by atoms with E-state index in [-0.39, 0.29) is 13.1 Å². The van der Waals surface area contributed by atoms with Crippen molar-refractivity contribution in [1.82, 2.24) is 4.31 Å². The van der Waals surface area contributed by atoms with Crippen molar-refractivity contribution < 1.29 is 31.8 Å². The molecular weight excluding hydrogens is 268 g/mol. The lowest BCUT2D eigenvalue weighted by atomic mass is 10.2. The molecule has 1 fully saturated rings. The first-order chi connectivity index (χ1) is 7.42. The van der Waals surface area contributed by atoms with Crippen LogP contribution in [-0.4, -0.2) is 30.4 Å². The summed E-state index contributed by atoms with van der Waals surface area (Å²) in [6, 6.07) is 0. The molecule has 0 aromatic carbocycles. The summed E-state index contributed by atoms with van der Waals surface area (Å²) in [6.07, 6.45) is 1.89. The van der Waals surface area contributed by atoms with E-state index in [4.69, 9.17) is 0 Å². The molecule has 0 amide bonds. The van der Waals surface area contributed by atoms with Gasteiger partial charge in [-0.3, -0.25) is 5.04 Å². The van der Waals surface area contributed by atoms with Gasteiger partial charge in [-0.15, -0.1) is 0 Å². The van der Waals surface area contributed by atoms with Gasteiger partial charge >= 0.3 is 4.59 Å². The van der Waals surface area contributed by atoms with Gasteiger partial charge in [-0.2, -0.15) is 17.4 Å². The molecule has 0 saturated carbocycles. The van der Waals surface area contributed by atoms with Crippen molar-refractivity contribution in [2.75, 3.05) is 13.1 Å². The van der Waals surface area contributed by atoms with Crippen LogP contribution in [0.4, 0.5) is 8.78 Å². The summed E-state index contributed by atoms with van der Waals surface area (Å²) in [7, 11) is -4.81. The number of alkyl halides is 2. The maximum absolute atomic E-state index is 13.2. The molecule has 1 aliphatic heterocycles. The number of sulfonamides is 1. The van der Waals surface area contributed by atoms with Gasteiger partial charge in [0.15, 0.2) is 0 Å². The molecule has 0 aliphatic carbocycles. The molecule has 16 heavy (non-hydrogen) atoms. The predicted molar refractivity (Wildman–Crippen MR) is 49.1 cm³/mol. The zero-order valence-corrected chi connectivity index (χ0v) is 9.73. The number of hydrogen-bond donors (Lipinski definition) is 0. The molecule has 1 aliphatic rings. The second-order valence-corrected chi connectivity index (χ2v) is 6.20. The molecule has 6 nitrogen and oxygen atoms in total. The van der Waals surface area contributed by atoms with Crippen molar-refractivity contribution in [2.24, 2.45) is 0 Å². The molecule has 1 saturated heterocycles. The summed E-state index contributed by atoms with van der Waals surface area (Å²) in [6.45, 7) is 0.105. The van der Waals surface area contributed by atoms with Crippen LogP contribution in [0.1, 0.15) is 19.3 Å². The van der Waals surface area contributed by atoms with E-state index in [0.29, 0.717) is 17.1 Å². The fourth-order valence-electron chi connectivity index (χ4n) is 1.35. The molecule has 0 aromatic heterocycles. The van der Waals surface area contributed by atoms with Gasteiger partial charge in [-0.05, 0) is 12.8 Å². The molecule has 0 radical (unpaired) electrons. The minimum atomic E-state index is -4.81. The summed E-state index contributed by atoms with van der Waals surface area (Å²) in [5.41, 5.74) is 0. The Morgan fingerprint density at radius 3 is 2.31 bits per heavy atom. The van der Waals surface area contributed by atoms with E-state index in [1.165, 1.54) is 0 Å². The van der Waals surface area contributed by atoms with E-state index in [1.807, 2.05) is 0 Å². The first-order valence-corrected chi connectivity index (χ1v) is 6.62. The van der Waals surface area contributed by atoms with Gasteiger partial charge in [0.2, 0.25) is 0 Å². The van der Waals surface area contributed by atoms with E-state index in [2.05, 4.69) is 9.37 Å². The summed E-state index contributed by atoms with van der Waals surface area (Å²) >= 11 is -0.818. The molecule has 0 unspecified atom stereocenters. The Labute approximate surface area is 95.6 Å². The smallest absolute Gasteiger partial charge is 0.433 e. The Kier molecular flexibility index (Phi) is 4.88. The summed E-state index contributed by atoms with van der Waals surface area (Å²) in [5, 5.41) is 12.1. The molecule has 0 spiro atoms. The van der Waals surface area contributed by atoms with Crippen LogP contribution in [0.15, 0.2) is 0 Å². The Morgan fingerprint density at radius 1 is 1.25 bits per heavy atom. The third kappa shape index (κ3) is 3.02. The van der Waals surface area contributed by atoms with Gasteiger partial charge in [0.1, 0.15) is 12.0 Å². The molecule has 96 valence electrons. The highest BCUT2D eigenvalue weighted by atomic mass is 32.3. The fourth-order valence-corrected chi connectivity index (χ4v) is 3.24. The van der Waals surface area contributed by atoms with Crippen molar-refractivity contribution in [3.05, 3.63) is 0 Å². The molecule has 0 atom stereocenters. The molecule has 10 heteroatoms. The third-order valence-electron chi connectivity index (χ3n) is 2.11. The number of nitrogens with zero attached hydrogens (tertiary/aromatic N) is 1. The van der Waals surface area contributed by atoms with Gasteiger partial charge in [-0.1, -0.05) is 6.42 Å². The van der Waals surface area contributed by atoms with Crippen LogP contribution >= 0.6 is 12.0 Å². The quantitative estimate of drug-likeness (QED) is 0.407. The zero-order valence-electron chi connectivity index (χ0n) is 8.10. The van der Waals surface area contributed by atoms with Crippen LogP contribution in [0.3, 0.4) is 0 Å². The molecular formula is C6H10F2NO5S2-. The van der Waals surface area contributed by atoms with Crippen molar-refractivity contribution >= 4 is 22.1 Å². The van der Waals surface area contributed by atoms with Crippen LogP contribution < -0.4 is 5.26 Å². The number of rotatable bonds is 5. The van der Waals surface area contributed by atoms with Crippen LogP contribution in [0, 0.1) is 0 Å². The highest BCUT2D eigenvalue weighted by Gasteiger charge is 2.51. The van der Waals surface area contributed by atoms with Crippen LogP contribution in [-0.2, 0) is 19.4 Å². The van der Waals surface area contributed by atoms with Crippen molar-refractivity contribution in [1.29, 1.82) is 0 Å². The Morgan fingerprint density at radius 2 is 1.81 bits per heavy atom. The fraction of sp³-hybridized carbons (Fsp3) is 1.00. The lowest BCUT2D eigenvalue weighted by molar-refractivity contribution is -0.777. The number of hydrogen-bond acceptors (Lipinski definition) is 6. The van der Waals surface area contributed by atoms with E-state index >= 15 is 0 Å². The van der Waals surface area contributed by atoms with E-state index < -0.39 is 26.7 Å². The lowest BCUT2D eigenvalue weighted by Crippen LogP contribution is -2.44. The Hall–Kier alpha value is -0.0000000000000000971. The van der Waals surface area contributed by atoms with E-state index in [0.717, 1.165) is 6.42 Å². The molecule has 0 aromatic rings. The summed E-state index contributed by atoms with van der Waals surface area (Å²) in [4.78, 5) is 0. The van der Waals surface area contributed by atoms with Gasteiger partial charge in [-0.25, -0.2) is 8.42 Å². The summed E-state index contributed by atoms with van der Waals surface area (Å²) < 4.78 is 49.0. The van der Waals surface area contributed by atoms with Gasteiger partial charge < -0.3 is 5.26 Å². The molecule has 1 rings (SSSR count).